The van der Waals surface area contributed by atoms with Crippen LogP contribution >= 0.6 is 24.8 Å². The number of amides is 1. The van der Waals surface area contributed by atoms with Crippen LogP contribution in [0.5, 0.6) is 0 Å². The molecule has 5 rings (SSSR count). The number of amidine groups is 1. The predicted octanol–water partition coefficient (Wildman–Crippen LogP) is 5.74. The van der Waals surface area contributed by atoms with E-state index in [1.54, 1.807) is 0 Å². The highest BCUT2D eigenvalue weighted by Gasteiger charge is 2.28. The van der Waals surface area contributed by atoms with Crippen molar-refractivity contribution in [3.05, 3.63) is 29.6 Å². The summed E-state index contributed by atoms with van der Waals surface area (Å²) in [7, 11) is 0. The van der Waals surface area contributed by atoms with E-state index in [4.69, 9.17) is 4.98 Å². The maximum absolute atomic E-state index is 13.2. The van der Waals surface area contributed by atoms with E-state index in [9.17, 15) is 4.79 Å². The van der Waals surface area contributed by atoms with E-state index >= 15 is 0 Å². The fourth-order valence-electron chi connectivity index (χ4n) is 5.65. The molecule has 0 saturated heterocycles. The molecular weight excluding hydrogens is 495 g/mol. The molecule has 3 N–H and O–H groups in total. The Hall–Kier alpha value is -2.12. The zero-order valence-corrected chi connectivity index (χ0v) is 22.9. The first-order valence-electron chi connectivity index (χ1n) is 13.3. The molecule has 7 nitrogen and oxygen atoms in total. The average Bonchev–Trinajstić information content (AvgIpc) is 3.22. The molecule has 2 heterocycles. The molecule has 1 aromatic carbocycles. The number of aromatic nitrogens is 2. The molecular formula is C27H40Cl2N6O. The molecule has 3 aliphatic rings. The van der Waals surface area contributed by atoms with Gasteiger partial charge in [-0.2, -0.15) is 0 Å². The average molecular weight is 536 g/mol. The highest BCUT2D eigenvalue weighted by molar-refractivity contribution is 5.97. The Balaban J connectivity index is 0.00000180. The van der Waals surface area contributed by atoms with Crippen LogP contribution in [-0.4, -0.2) is 46.4 Å². The zero-order valence-electron chi connectivity index (χ0n) is 21.2. The smallest absolute Gasteiger partial charge is 0.289 e. The van der Waals surface area contributed by atoms with E-state index in [1.165, 1.54) is 38.5 Å². The minimum absolute atomic E-state index is 0. The number of hydrogen-bond donors (Lipinski definition) is 3. The van der Waals surface area contributed by atoms with Crippen molar-refractivity contribution in [1.29, 1.82) is 0 Å². The second kappa shape index (κ2) is 13.4. The molecule has 0 bridgehead atoms. The molecule has 198 valence electrons. The highest BCUT2D eigenvalue weighted by Crippen LogP contribution is 2.27. The molecule has 9 heteroatoms. The van der Waals surface area contributed by atoms with Crippen LogP contribution in [0.3, 0.4) is 0 Å². The van der Waals surface area contributed by atoms with Crippen LogP contribution in [-0.2, 0) is 0 Å². The summed E-state index contributed by atoms with van der Waals surface area (Å²) in [5, 5.41) is 11.6. The van der Waals surface area contributed by atoms with Gasteiger partial charge in [-0.3, -0.25) is 9.79 Å². The van der Waals surface area contributed by atoms with Crippen LogP contribution in [0.15, 0.2) is 23.2 Å². The zero-order chi connectivity index (χ0) is 23.3. The second-order valence-corrected chi connectivity index (χ2v) is 10.3. The Kier molecular flexibility index (Phi) is 10.6. The van der Waals surface area contributed by atoms with E-state index in [0.717, 1.165) is 73.2 Å². The van der Waals surface area contributed by atoms with Crippen LogP contribution < -0.4 is 16.0 Å². The van der Waals surface area contributed by atoms with E-state index in [-0.39, 0.29) is 48.6 Å². The number of halogens is 2. The minimum atomic E-state index is -0.156. The number of nitrogens with one attached hydrogen (secondary N) is 3. The van der Waals surface area contributed by atoms with Gasteiger partial charge in [0.05, 0.1) is 11.4 Å². The minimum Gasteiger partial charge on any atom is -0.369 e. The fourth-order valence-corrected chi connectivity index (χ4v) is 5.65. The first-order chi connectivity index (χ1) is 16.7. The lowest BCUT2D eigenvalue weighted by Crippen LogP contribution is -2.48. The van der Waals surface area contributed by atoms with Crippen molar-refractivity contribution in [2.75, 3.05) is 11.9 Å². The molecule has 36 heavy (non-hydrogen) atoms. The molecule has 1 aromatic heterocycles. The summed E-state index contributed by atoms with van der Waals surface area (Å²) in [5.74, 6) is 2.02. The van der Waals surface area contributed by atoms with Crippen molar-refractivity contribution in [3.8, 4) is 0 Å². The summed E-state index contributed by atoms with van der Waals surface area (Å²) in [4.78, 5) is 27.3. The molecule has 2 aliphatic carbocycles. The number of nitrogens with zero attached hydrogens (tertiary/aromatic N) is 3. The summed E-state index contributed by atoms with van der Waals surface area (Å²) in [6.45, 7) is 3.02. The Bertz CT molecular complexity index is 1050. The second-order valence-electron chi connectivity index (χ2n) is 10.3. The normalized spacial score (nSPS) is 22.5. The van der Waals surface area contributed by atoms with E-state index in [1.807, 2.05) is 6.07 Å². The van der Waals surface area contributed by atoms with E-state index < -0.39 is 0 Å². The monoisotopic (exact) mass is 534 g/mol. The molecule has 0 spiro atoms. The van der Waals surface area contributed by atoms with Crippen molar-refractivity contribution < 1.29 is 4.79 Å². The van der Waals surface area contributed by atoms with Gasteiger partial charge in [0.1, 0.15) is 5.82 Å². The van der Waals surface area contributed by atoms with Crippen molar-refractivity contribution in [2.24, 2.45) is 4.99 Å². The van der Waals surface area contributed by atoms with Crippen LogP contribution in [0.1, 0.15) is 93.2 Å². The third kappa shape index (κ3) is 7.00. The fraction of sp³-hybridized carbons (Fsp3) is 0.630. The Labute approximate surface area is 226 Å². The van der Waals surface area contributed by atoms with E-state index in [2.05, 4.69) is 45.0 Å². The first-order valence-corrected chi connectivity index (χ1v) is 13.3. The number of aryl methyl sites for hydroxylation is 1. The van der Waals surface area contributed by atoms with Gasteiger partial charge in [0.25, 0.3) is 5.91 Å². The van der Waals surface area contributed by atoms with Gasteiger partial charge in [-0.05, 0) is 51.2 Å². The molecule has 2 aromatic rings. The van der Waals surface area contributed by atoms with Gasteiger partial charge in [0.15, 0.2) is 0 Å². The van der Waals surface area contributed by atoms with Crippen molar-refractivity contribution >= 4 is 53.3 Å². The number of carbonyl (C=O) groups is 1. The number of carbonyl (C=O) groups excluding carboxylic acids is 1. The molecule has 0 radical (unpaired) electrons. The Morgan fingerprint density at radius 3 is 2.25 bits per heavy atom. The summed E-state index contributed by atoms with van der Waals surface area (Å²) in [5.41, 5.74) is 1.98. The van der Waals surface area contributed by atoms with Gasteiger partial charge < -0.3 is 16.0 Å². The number of rotatable bonds is 5. The standard InChI is InChI=1S/C27H38N6O.2ClH/c1-18-14-15-21-20(17-18)25(32-23-12-7-6-11-22(23)30-24-13-8-16-28-24)33-26(31-21)27(34)29-19-9-4-2-3-5-10-19;;/h14-15,17,19,22-23H,2-13,16H2,1H3,(H,28,30)(H,29,34)(H,31,32,33);2*1H/t22-,23+;;/m1../s1. The van der Waals surface area contributed by atoms with E-state index in [0.29, 0.717) is 6.04 Å². The Morgan fingerprint density at radius 1 is 0.861 bits per heavy atom. The summed E-state index contributed by atoms with van der Waals surface area (Å²) < 4.78 is 0. The largest absolute Gasteiger partial charge is 0.369 e. The highest BCUT2D eigenvalue weighted by atomic mass is 35.5. The molecule has 1 aliphatic heterocycles. The first kappa shape index (κ1) is 28.5. The summed E-state index contributed by atoms with van der Waals surface area (Å²) >= 11 is 0. The van der Waals surface area contributed by atoms with Gasteiger partial charge in [0, 0.05) is 36.5 Å². The molecule has 1 amide bonds. The molecule has 2 saturated carbocycles. The lowest BCUT2D eigenvalue weighted by atomic mass is 9.90. The summed E-state index contributed by atoms with van der Waals surface area (Å²) in [6, 6.07) is 6.97. The number of hydrogen-bond acceptors (Lipinski definition) is 6. The van der Waals surface area contributed by atoms with Crippen LogP contribution in [0.4, 0.5) is 5.82 Å². The molecule has 0 unspecified atom stereocenters. The molecule has 2 fully saturated rings. The topological polar surface area (TPSA) is 91.3 Å². The van der Waals surface area contributed by atoms with Gasteiger partial charge in [-0.15, -0.1) is 24.8 Å². The predicted molar refractivity (Wildman–Crippen MR) is 152 cm³/mol. The van der Waals surface area contributed by atoms with Crippen molar-refractivity contribution in [3.63, 3.8) is 0 Å². The van der Waals surface area contributed by atoms with Crippen LogP contribution in [0, 0.1) is 6.92 Å². The third-order valence-corrected chi connectivity index (χ3v) is 7.56. The van der Waals surface area contributed by atoms with Crippen LogP contribution in [0.25, 0.3) is 10.9 Å². The Morgan fingerprint density at radius 2 is 1.56 bits per heavy atom. The van der Waals surface area contributed by atoms with Crippen molar-refractivity contribution in [1.82, 2.24) is 20.6 Å². The quantitative estimate of drug-likeness (QED) is 0.425. The van der Waals surface area contributed by atoms with Gasteiger partial charge in [0.2, 0.25) is 5.82 Å². The third-order valence-electron chi connectivity index (χ3n) is 7.56. The number of anilines is 1. The number of benzene rings is 1. The van der Waals surface area contributed by atoms with Gasteiger partial charge in [-0.25, -0.2) is 9.97 Å². The van der Waals surface area contributed by atoms with Gasteiger partial charge in [-0.1, -0.05) is 50.2 Å². The van der Waals surface area contributed by atoms with Gasteiger partial charge >= 0.3 is 0 Å². The number of aliphatic imine (C=N–C) groups is 1. The van der Waals surface area contributed by atoms with Crippen LogP contribution in [0.2, 0.25) is 0 Å². The lowest BCUT2D eigenvalue weighted by molar-refractivity contribution is 0.0923. The lowest BCUT2D eigenvalue weighted by Gasteiger charge is -2.34. The maximum Gasteiger partial charge on any atom is 0.289 e. The SMILES string of the molecule is Cc1ccc2nc(C(=O)NC3CCCCCC3)nc(N[C@H]3CCCC[C@H]3NC3=NCCC3)c2c1.Cl.Cl. The molecule has 2 atom stereocenters. The maximum atomic E-state index is 13.2. The number of fused-ring (bicyclic) bond motifs is 1. The van der Waals surface area contributed by atoms with Crippen molar-refractivity contribution in [2.45, 2.75) is 102 Å². The summed E-state index contributed by atoms with van der Waals surface area (Å²) in [6.07, 6.45) is 13.8.